The van der Waals surface area contributed by atoms with Crippen molar-refractivity contribution in [2.45, 2.75) is 24.8 Å². The van der Waals surface area contributed by atoms with Crippen molar-refractivity contribution in [3.05, 3.63) is 89.6 Å². The minimum atomic E-state index is -4.32. The summed E-state index contributed by atoms with van der Waals surface area (Å²) in [6.45, 7) is 1.44. The van der Waals surface area contributed by atoms with Crippen LogP contribution < -0.4 is 4.31 Å². The van der Waals surface area contributed by atoms with Crippen LogP contribution in [0.25, 0.3) is 5.65 Å². The van der Waals surface area contributed by atoms with E-state index in [1.54, 1.807) is 10.6 Å². The Balaban J connectivity index is 1.89. The summed E-state index contributed by atoms with van der Waals surface area (Å²) in [4.78, 5) is -0.164. The van der Waals surface area contributed by atoms with Gasteiger partial charge in [0.1, 0.15) is 28.2 Å². The Bertz CT molecular complexity index is 1350. The number of halogens is 3. The second-order valence-corrected chi connectivity index (χ2v) is 8.64. The maximum atomic E-state index is 13.9. The molecular formula is C21H17F3N4O2S. The lowest BCUT2D eigenvalue weighted by molar-refractivity contribution is 0.576. The molecule has 4 rings (SSSR count). The Morgan fingerprint density at radius 1 is 0.935 bits per heavy atom. The molecule has 0 spiro atoms. The Morgan fingerprint density at radius 3 is 2.35 bits per heavy atom. The Hall–Kier alpha value is -3.40. The number of sulfonamides is 1. The number of hydrogen-bond acceptors (Lipinski definition) is 4. The van der Waals surface area contributed by atoms with Crippen LogP contribution in [0.3, 0.4) is 0 Å². The number of nitrogens with zero attached hydrogens (tertiary/aromatic N) is 4. The van der Waals surface area contributed by atoms with E-state index >= 15 is 0 Å². The highest BCUT2D eigenvalue weighted by Crippen LogP contribution is 2.29. The third-order valence-corrected chi connectivity index (χ3v) is 6.49. The molecule has 6 nitrogen and oxygen atoms in total. The zero-order chi connectivity index (χ0) is 22.2. The summed E-state index contributed by atoms with van der Waals surface area (Å²) >= 11 is 0. The quantitative estimate of drug-likeness (QED) is 0.447. The molecule has 31 heavy (non-hydrogen) atoms. The third kappa shape index (κ3) is 3.98. The minimum Gasteiger partial charge on any atom is -0.285 e. The van der Waals surface area contributed by atoms with Gasteiger partial charge in [-0.15, -0.1) is 10.2 Å². The molecule has 0 unspecified atom stereocenters. The maximum absolute atomic E-state index is 13.9. The summed E-state index contributed by atoms with van der Waals surface area (Å²) < 4.78 is 71.1. The molecule has 4 aromatic rings. The van der Waals surface area contributed by atoms with Crippen LogP contribution in [-0.2, 0) is 23.0 Å². The van der Waals surface area contributed by atoms with Crippen LogP contribution in [0.2, 0.25) is 0 Å². The fourth-order valence-electron chi connectivity index (χ4n) is 3.31. The van der Waals surface area contributed by atoms with Gasteiger partial charge in [-0.05, 0) is 48.0 Å². The van der Waals surface area contributed by atoms with Crippen LogP contribution in [0.1, 0.15) is 18.3 Å². The van der Waals surface area contributed by atoms with Gasteiger partial charge in [0.05, 0.1) is 12.2 Å². The smallest absolute Gasteiger partial charge is 0.268 e. The number of anilines is 1. The molecule has 0 radical (unpaired) electrons. The average Bonchev–Trinajstić information content (AvgIpc) is 3.14. The first-order chi connectivity index (χ1) is 14.8. The highest BCUT2D eigenvalue weighted by Gasteiger charge is 2.29. The van der Waals surface area contributed by atoms with E-state index in [0.29, 0.717) is 18.3 Å². The first-order valence-electron chi connectivity index (χ1n) is 9.35. The number of benzene rings is 2. The van der Waals surface area contributed by atoms with E-state index in [1.807, 2.05) is 6.92 Å². The molecular weight excluding hydrogens is 429 g/mol. The normalized spacial score (nSPS) is 11.7. The van der Waals surface area contributed by atoms with E-state index in [0.717, 1.165) is 22.5 Å². The molecule has 0 amide bonds. The van der Waals surface area contributed by atoms with Gasteiger partial charge in [-0.1, -0.05) is 13.0 Å². The number of rotatable bonds is 6. The molecule has 160 valence electrons. The molecule has 2 aromatic heterocycles. The van der Waals surface area contributed by atoms with Gasteiger partial charge in [0, 0.05) is 18.7 Å². The van der Waals surface area contributed by atoms with Gasteiger partial charge in [-0.25, -0.2) is 21.6 Å². The van der Waals surface area contributed by atoms with Gasteiger partial charge < -0.3 is 0 Å². The predicted molar refractivity (Wildman–Crippen MR) is 108 cm³/mol. The van der Waals surface area contributed by atoms with E-state index < -0.39 is 34.0 Å². The molecule has 0 saturated carbocycles. The van der Waals surface area contributed by atoms with E-state index in [9.17, 15) is 21.6 Å². The maximum Gasteiger partial charge on any atom is 0.268 e. The van der Waals surface area contributed by atoms with E-state index in [4.69, 9.17) is 0 Å². The Morgan fingerprint density at radius 2 is 1.68 bits per heavy atom. The van der Waals surface area contributed by atoms with E-state index in [1.165, 1.54) is 30.3 Å². The first-order valence-corrected chi connectivity index (χ1v) is 10.8. The van der Waals surface area contributed by atoms with Crippen molar-refractivity contribution in [2.24, 2.45) is 0 Å². The molecule has 0 saturated heterocycles. The highest BCUT2D eigenvalue weighted by molar-refractivity contribution is 7.93. The molecule has 0 aliphatic rings. The van der Waals surface area contributed by atoms with Crippen LogP contribution in [-0.4, -0.2) is 23.0 Å². The highest BCUT2D eigenvalue weighted by atomic mass is 32.2. The standard InChI is InChI=1S/C21H17F3N4O2S/c1-2-20-25-26-21-19(7-4-8-27(20)21)31(29,30)28(18-6-3-5-15(22)12-18)13-14-9-16(23)11-17(24)10-14/h3-12H,2,13H2,1H3. The van der Waals surface area contributed by atoms with E-state index in [2.05, 4.69) is 10.2 Å². The van der Waals surface area contributed by atoms with Crippen molar-refractivity contribution in [1.82, 2.24) is 14.6 Å². The van der Waals surface area contributed by atoms with Gasteiger partial charge in [0.2, 0.25) is 0 Å². The molecule has 2 aromatic carbocycles. The second-order valence-electron chi connectivity index (χ2n) is 6.81. The second kappa shape index (κ2) is 8.03. The molecule has 0 fully saturated rings. The summed E-state index contributed by atoms with van der Waals surface area (Å²) in [7, 11) is -4.32. The number of fused-ring (bicyclic) bond motifs is 1. The van der Waals surface area contributed by atoms with E-state index in [-0.39, 0.29) is 21.8 Å². The molecule has 0 bridgehead atoms. The number of aromatic nitrogens is 3. The van der Waals surface area contributed by atoms with Crippen molar-refractivity contribution in [1.29, 1.82) is 0 Å². The third-order valence-electron chi connectivity index (χ3n) is 4.70. The lowest BCUT2D eigenvalue weighted by Crippen LogP contribution is -2.31. The van der Waals surface area contributed by atoms with Crippen molar-refractivity contribution in [2.75, 3.05) is 4.31 Å². The Labute approximate surface area is 176 Å². The van der Waals surface area contributed by atoms with Crippen molar-refractivity contribution < 1.29 is 21.6 Å². The van der Waals surface area contributed by atoms with Crippen molar-refractivity contribution in [3.8, 4) is 0 Å². The molecule has 2 heterocycles. The van der Waals surface area contributed by atoms with Gasteiger partial charge >= 0.3 is 0 Å². The number of hydrogen-bond donors (Lipinski definition) is 0. The van der Waals surface area contributed by atoms with Gasteiger partial charge in [-0.2, -0.15) is 0 Å². The predicted octanol–water partition coefficient (Wildman–Crippen LogP) is 4.10. The zero-order valence-electron chi connectivity index (χ0n) is 16.3. The topological polar surface area (TPSA) is 67.6 Å². The SMILES string of the molecule is CCc1nnc2c(S(=O)(=O)N(Cc3cc(F)cc(F)c3)c3cccc(F)c3)cccn12. The fraction of sp³-hybridized carbons (Fsp3) is 0.143. The minimum absolute atomic E-state index is 0.00176. The lowest BCUT2D eigenvalue weighted by atomic mass is 10.2. The largest absolute Gasteiger partial charge is 0.285 e. The van der Waals surface area contributed by atoms with Crippen LogP contribution in [0.4, 0.5) is 18.9 Å². The number of pyridine rings is 1. The lowest BCUT2D eigenvalue weighted by Gasteiger charge is -2.25. The summed E-state index contributed by atoms with van der Waals surface area (Å²) in [6.07, 6.45) is 2.17. The van der Waals surface area contributed by atoms with Gasteiger partial charge in [0.15, 0.2) is 5.65 Å². The summed E-state index contributed by atoms with van der Waals surface area (Å²) in [5, 5.41) is 8.01. The van der Waals surface area contributed by atoms with Crippen LogP contribution >= 0.6 is 0 Å². The fourth-order valence-corrected chi connectivity index (χ4v) is 4.88. The Kier molecular flexibility index (Phi) is 5.40. The average molecular weight is 446 g/mol. The summed E-state index contributed by atoms with van der Waals surface area (Å²) in [5.41, 5.74) is 0.168. The van der Waals surface area contributed by atoms with Crippen molar-refractivity contribution >= 4 is 21.4 Å². The molecule has 0 aliphatic heterocycles. The summed E-state index contributed by atoms with van der Waals surface area (Å²) in [6, 6.07) is 10.6. The monoisotopic (exact) mass is 446 g/mol. The van der Waals surface area contributed by atoms with Gasteiger partial charge in [-0.3, -0.25) is 8.71 Å². The molecule has 0 atom stereocenters. The van der Waals surface area contributed by atoms with Gasteiger partial charge in [0.25, 0.3) is 10.0 Å². The summed E-state index contributed by atoms with van der Waals surface area (Å²) in [5.74, 6) is -1.79. The first kappa shape index (κ1) is 20.9. The zero-order valence-corrected chi connectivity index (χ0v) is 17.2. The molecule has 0 N–H and O–H groups in total. The molecule has 0 aliphatic carbocycles. The van der Waals surface area contributed by atoms with Crippen molar-refractivity contribution in [3.63, 3.8) is 0 Å². The van der Waals surface area contributed by atoms with Crippen LogP contribution in [0, 0.1) is 17.5 Å². The van der Waals surface area contributed by atoms with Crippen LogP contribution in [0.5, 0.6) is 0 Å². The van der Waals surface area contributed by atoms with Crippen LogP contribution in [0.15, 0.2) is 65.7 Å². The molecule has 10 heteroatoms. The number of aryl methyl sites for hydroxylation is 1.